The SMILES string of the molecule is c1nc(-c2noc(CCC3CCCCN3)n2)cs1. The molecule has 2 aromatic heterocycles. The van der Waals surface area contributed by atoms with Crippen molar-refractivity contribution in [2.75, 3.05) is 6.54 Å². The summed E-state index contributed by atoms with van der Waals surface area (Å²) in [7, 11) is 0. The molecule has 1 atom stereocenters. The van der Waals surface area contributed by atoms with Gasteiger partial charge in [-0.15, -0.1) is 11.3 Å². The quantitative estimate of drug-likeness (QED) is 0.917. The summed E-state index contributed by atoms with van der Waals surface area (Å²) in [4.78, 5) is 8.55. The van der Waals surface area contributed by atoms with Gasteiger partial charge in [-0.2, -0.15) is 4.98 Å². The molecule has 1 fully saturated rings. The molecular formula is C12H16N4OS. The van der Waals surface area contributed by atoms with Crippen LogP contribution in [0.5, 0.6) is 0 Å². The Balaban J connectivity index is 1.57. The third-order valence-corrected chi connectivity index (χ3v) is 3.84. The molecule has 0 saturated carbocycles. The van der Waals surface area contributed by atoms with Gasteiger partial charge in [0.05, 0.1) is 5.51 Å². The van der Waals surface area contributed by atoms with Gasteiger partial charge in [0, 0.05) is 17.8 Å². The predicted molar refractivity (Wildman–Crippen MR) is 69.4 cm³/mol. The van der Waals surface area contributed by atoms with E-state index >= 15 is 0 Å². The Kier molecular flexibility index (Phi) is 3.66. The van der Waals surface area contributed by atoms with Gasteiger partial charge in [0.25, 0.3) is 0 Å². The largest absolute Gasteiger partial charge is 0.339 e. The van der Waals surface area contributed by atoms with Crippen LogP contribution in [0.1, 0.15) is 31.6 Å². The number of nitrogens with one attached hydrogen (secondary N) is 1. The fourth-order valence-electron chi connectivity index (χ4n) is 2.25. The lowest BCUT2D eigenvalue weighted by Gasteiger charge is -2.22. The van der Waals surface area contributed by atoms with Crippen LogP contribution in [-0.4, -0.2) is 27.7 Å². The molecular weight excluding hydrogens is 248 g/mol. The summed E-state index contributed by atoms with van der Waals surface area (Å²) >= 11 is 1.54. The van der Waals surface area contributed by atoms with E-state index in [0.717, 1.165) is 25.1 Å². The first-order chi connectivity index (χ1) is 8.92. The first kappa shape index (κ1) is 11.8. The van der Waals surface area contributed by atoms with E-state index in [1.165, 1.54) is 30.6 Å². The molecule has 5 nitrogen and oxygen atoms in total. The van der Waals surface area contributed by atoms with Crippen LogP contribution >= 0.6 is 11.3 Å². The van der Waals surface area contributed by atoms with Crippen molar-refractivity contribution in [2.24, 2.45) is 0 Å². The zero-order valence-electron chi connectivity index (χ0n) is 10.1. The topological polar surface area (TPSA) is 63.8 Å². The van der Waals surface area contributed by atoms with Gasteiger partial charge in [0.1, 0.15) is 5.69 Å². The molecule has 0 aliphatic carbocycles. The van der Waals surface area contributed by atoms with Crippen LogP contribution in [0.15, 0.2) is 15.4 Å². The van der Waals surface area contributed by atoms with Crippen molar-refractivity contribution in [2.45, 2.75) is 38.1 Å². The van der Waals surface area contributed by atoms with Crippen molar-refractivity contribution < 1.29 is 4.52 Å². The van der Waals surface area contributed by atoms with Crippen LogP contribution in [-0.2, 0) is 6.42 Å². The van der Waals surface area contributed by atoms with E-state index < -0.39 is 0 Å². The molecule has 3 heterocycles. The number of piperidine rings is 1. The number of aromatic nitrogens is 3. The number of nitrogens with zero attached hydrogens (tertiary/aromatic N) is 3. The minimum absolute atomic E-state index is 0.600. The average molecular weight is 264 g/mol. The zero-order valence-corrected chi connectivity index (χ0v) is 10.9. The number of thiazole rings is 1. The molecule has 1 aliphatic rings. The third-order valence-electron chi connectivity index (χ3n) is 3.25. The fraction of sp³-hybridized carbons (Fsp3) is 0.583. The minimum Gasteiger partial charge on any atom is -0.339 e. The minimum atomic E-state index is 0.600. The number of hydrogen-bond donors (Lipinski definition) is 1. The lowest BCUT2D eigenvalue weighted by molar-refractivity contribution is 0.342. The fourth-order valence-corrected chi connectivity index (χ4v) is 2.78. The maximum absolute atomic E-state index is 5.26. The third kappa shape index (κ3) is 2.76. The van der Waals surface area contributed by atoms with Crippen molar-refractivity contribution >= 4 is 11.3 Å². The second kappa shape index (κ2) is 5.58. The van der Waals surface area contributed by atoms with Crippen molar-refractivity contribution in [3.05, 3.63) is 16.8 Å². The molecule has 1 N–H and O–H groups in total. The summed E-state index contributed by atoms with van der Waals surface area (Å²) < 4.78 is 5.26. The van der Waals surface area contributed by atoms with Gasteiger partial charge in [-0.3, -0.25) is 0 Å². The van der Waals surface area contributed by atoms with Crippen LogP contribution < -0.4 is 5.32 Å². The van der Waals surface area contributed by atoms with Crippen molar-refractivity contribution in [1.82, 2.24) is 20.4 Å². The first-order valence-corrected chi connectivity index (χ1v) is 7.30. The van der Waals surface area contributed by atoms with E-state index in [2.05, 4.69) is 20.4 Å². The molecule has 0 amide bonds. The summed E-state index contributed by atoms with van der Waals surface area (Å²) in [5, 5.41) is 9.41. The maximum Gasteiger partial charge on any atom is 0.227 e. The molecule has 18 heavy (non-hydrogen) atoms. The van der Waals surface area contributed by atoms with Crippen LogP contribution in [0.4, 0.5) is 0 Å². The van der Waals surface area contributed by atoms with Gasteiger partial charge in [0.15, 0.2) is 0 Å². The number of hydrogen-bond acceptors (Lipinski definition) is 6. The van der Waals surface area contributed by atoms with Crippen LogP contribution in [0.3, 0.4) is 0 Å². The Morgan fingerprint density at radius 3 is 3.22 bits per heavy atom. The monoisotopic (exact) mass is 264 g/mol. The molecule has 6 heteroatoms. The van der Waals surface area contributed by atoms with Crippen LogP contribution in [0, 0.1) is 0 Å². The second-order valence-corrected chi connectivity index (χ2v) is 5.29. The highest BCUT2D eigenvalue weighted by atomic mass is 32.1. The van der Waals surface area contributed by atoms with Gasteiger partial charge >= 0.3 is 0 Å². The highest BCUT2D eigenvalue weighted by molar-refractivity contribution is 7.07. The highest BCUT2D eigenvalue weighted by Crippen LogP contribution is 2.17. The molecule has 96 valence electrons. The van der Waals surface area contributed by atoms with Crippen LogP contribution in [0.25, 0.3) is 11.5 Å². The molecule has 1 saturated heterocycles. The summed E-state index contributed by atoms with van der Waals surface area (Å²) in [5.41, 5.74) is 2.57. The van der Waals surface area contributed by atoms with E-state index in [0.29, 0.717) is 17.8 Å². The van der Waals surface area contributed by atoms with Gasteiger partial charge in [0.2, 0.25) is 11.7 Å². The molecule has 1 aliphatic heterocycles. The Labute approximate surface area is 110 Å². The summed E-state index contributed by atoms with van der Waals surface area (Å²) in [6.07, 6.45) is 5.79. The predicted octanol–water partition coefficient (Wildman–Crippen LogP) is 2.27. The Hall–Kier alpha value is -1.27. The summed E-state index contributed by atoms with van der Waals surface area (Å²) in [6, 6.07) is 0.605. The smallest absolute Gasteiger partial charge is 0.227 e. The first-order valence-electron chi connectivity index (χ1n) is 6.36. The van der Waals surface area contributed by atoms with E-state index in [9.17, 15) is 0 Å². The second-order valence-electron chi connectivity index (χ2n) is 4.57. The standard InChI is InChI=1S/C12H16N4OS/c1-2-6-13-9(3-1)4-5-11-15-12(16-17-11)10-7-18-8-14-10/h7-9,13H,1-6H2. The molecule has 0 radical (unpaired) electrons. The normalized spacial score (nSPS) is 20.1. The number of rotatable bonds is 4. The van der Waals surface area contributed by atoms with Gasteiger partial charge in [-0.05, 0) is 25.8 Å². The average Bonchev–Trinajstić information content (AvgIpc) is 3.08. The lowest BCUT2D eigenvalue weighted by Crippen LogP contribution is -2.34. The van der Waals surface area contributed by atoms with E-state index in [1.54, 1.807) is 5.51 Å². The van der Waals surface area contributed by atoms with Crippen molar-refractivity contribution in [3.63, 3.8) is 0 Å². The van der Waals surface area contributed by atoms with E-state index in [-0.39, 0.29) is 0 Å². The van der Waals surface area contributed by atoms with Gasteiger partial charge < -0.3 is 9.84 Å². The van der Waals surface area contributed by atoms with Crippen LogP contribution in [0.2, 0.25) is 0 Å². The van der Waals surface area contributed by atoms with Crippen molar-refractivity contribution in [3.8, 4) is 11.5 Å². The molecule has 3 rings (SSSR count). The number of aryl methyl sites for hydroxylation is 1. The highest BCUT2D eigenvalue weighted by Gasteiger charge is 2.15. The summed E-state index contributed by atoms with van der Waals surface area (Å²) in [5.74, 6) is 1.31. The maximum atomic E-state index is 5.26. The molecule has 2 aromatic rings. The van der Waals surface area contributed by atoms with E-state index in [1.807, 2.05) is 5.38 Å². The Morgan fingerprint density at radius 1 is 1.44 bits per heavy atom. The van der Waals surface area contributed by atoms with Gasteiger partial charge in [-0.1, -0.05) is 11.6 Å². The van der Waals surface area contributed by atoms with Gasteiger partial charge in [-0.25, -0.2) is 4.98 Å². The summed E-state index contributed by atoms with van der Waals surface area (Å²) in [6.45, 7) is 1.14. The van der Waals surface area contributed by atoms with E-state index in [4.69, 9.17) is 4.52 Å². The Morgan fingerprint density at radius 2 is 2.44 bits per heavy atom. The Bertz CT molecular complexity index is 476. The molecule has 0 bridgehead atoms. The molecule has 0 aromatic carbocycles. The lowest BCUT2D eigenvalue weighted by atomic mass is 10.0. The zero-order chi connectivity index (χ0) is 12.2. The van der Waals surface area contributed by atoms with Crippen molar-refractivity contribution in [1.29, 1.82) is 0 Å². The molecule has 0 spiro atoms. The molecule has 1 unspecified atom stereocenters.